The summed E-state index contributed by atoms with van der Waals surface area (Å²) in [5, 5.41) is 3.06. The second-order valence-corrected chi connectivity index (χ2v) is 7.88. The van der Waals surface area contributed by atoms with E-state index in [1.807, 2.05) is 0 Å². The van der Waals surface area contributed by atoms with Gasteiger partial charge in [-0.25, -0.2) is 0 Å². The quantitative estimate of drug-likeness (QED) is 0.366. The summed E-state index contributed by atoms with van der Waals surface area (Å²) >= 11 is 20.7. The van der Waals surface area contributed by atoms with E-state index >= 15 is 0 Å². The monoisotopic (exact) mass is 514 g/mol. The summed E-state index contributed by atoms with van der Waals surface area (Å²) in [7, 11) is 3.00. The summed E-state index contributed by atoms with van der Waals surface area (Å²) in [4.78, 5) is 26.7. The van der Waals surface area contributed by atoms with Gasteiger partial charge in [0.1, 0.15) is 5.57 Å². The molecule has 3 rings (SSSR count). The molecule has 1 saturated heterocycles. The number of rotatable bonds is 4. The zero-order valence-electron chi connectivity index (χ0n) is 15.1. The van der Waals surface area contributed by atoms with Crippen LogP contribution in [0.5, 0.6) is 11.5 Å². The molecule has 0 radical (unpaired) electrons. The molecule has 0 atom stereocenters. The molecule has 1 aliphatic heterocycles. The second-order valence-electron chi connectivity index (χ2n) is 5.79. The summed E-state index contributed by atoms with van der Waals surface area (Å²) in [5.41, 5.74) is 0.734. The van der Waals surface area contributed by atoms with Gasteiger partial charge in [-0.2, -0.15) is 0 Å². The molecule has 0 aliphatic carbocycles. The standard InChI is InChI=1S/C19H13BrCl2N2O4S/c1-27-15-7-9(6-12(20)16(15)28-2)5-11-17(25)23-19(29)24(18(11)26)14-4-3-10(21)8-13(14)22/h3-8H,1-2H3,(H,23,25,29)/b11-5+. The third kappa shape index (κ3) is 4.25. The van der Waals surface area contributed by atoms with Crippen molar-refractivity contribution in [1.82, 2.24) is 5.32 Å². The number of carbonyl (C=O) groups is 2. The van der Waals surface area contributed by atoms with Crippen LogP contribution in [0.25, 0.3) is 6.08 Å². The van der Waals surface area contributed by atoms with Crippen LogP contribution >= 0.6 is 51.3 Å². The highest BCUT2D eigenvalue weighted by molar-refractivity contribution is 9.10. The molecule has 2 aromatic rings. The maximum absolute atomic E-state index is 13.1. The molecule has 0 aromatic heterocycles. The van der Waals surface area contributed by atoms with Gasteiger partial charge in [-0.15, -0.1) is 0 Å². The zero-order valence-corrected chi connectivity index (χ0v) is 19.0. The molecule has 0 spiro atoms. The highest BCUT2D eigenvalue weighted by Crippen LogP contribution is 2.37. The highest BCUT2D eigenvalue weighted by atomic mass is 79.9. The number of benzene rings is 2. The summed E-state index contributed by atoms with van der Waals surface area (Å²) < 4.78 is 11.2. The first-order chi connectivity index (χ1) is 13.8. The van der Waals surface area contributed by atoms with Gasteiger partial charge in [0.25, 0.3) is 11.8 Å². The summed E-state index contributed by atoms with van der Waals surface area (Å²) in [6, 6.07) is 7.95. The van der Waals surface area contributed by atoms with Gasteiger partial charge in [-0.3, -0.25) is 19.8 Å². The first-order valence-electron chi connectivity index (χ1n) is 8.04. The van der Waals surface area contributed by atoms with Crippen LogP contribution in [0.3, 0.4) is 0 Å². The van der Waals surface area contributed by atoms with E-state index < -0.39 is 11.8 Å². The SMILES string of the molecule is COc1cc(/C=C2\C(=O)NC(=S)N(c3ccc(Cl)cc3Cl)C2=O)cc(Br)c1OC. The van der Waals surface area contributed by atoms with Crippen molar-refractivity contribution in [3.63, 3.8) is 0 Å². The third-order valence-corrected chi connectivity index (χ3v) is 5.43. The summed E-state index contributed by atoms with van der Waals surface area (Å²) in [6.07, 6.45) is 1.43. The number of anilines is 1. The van der Waals surface area contributed by atoms with Crippen LogP contribution in [0.1, 0.15) is 5.56 Å². The van der Waals surface area contributed by atoms with Crippen LogP contribution < -0.4 is 19.7 Å². The fourth-order valence-electron chi connectivity index (χ4n) is 2.73. The Balaban J connectivity index is 2.07. The van der Waals surface area contributed by atoms with Gasteiger partial charge in [-0.05, 0) is 70.1 Å². The number of hydrogen-bond donors (Lipinski definition) is 1. The van der Waals surface area contributed by atoms with Crippen molar-refractivity contribution < 1.29 is 19.1 Å². The number of carbonyl (C=O) groups excluding carboxylic acids is 2. The van der Waals surface area contributed by atoms with E-state index in [0.29, 0.717) is 32.2 Å². The van der Waals surface area contributed by atoms with E-state index in [4.69, 9.17) is 44.9 Å². The van der Waals surface area contributed by atoms with E-state index in [1.165, 1.54) is 26.4 Å². The summed E-state index contributed by atoms with van der Waals surface area (Å²) in [6.45, 7) is 0. The number of amides is 2. The topological polar surface area (TPSA) is 67.9 Å². The molecule has 1 heterocycles. The van der Waals surface area contributed by atoms with Crippen LogP contribution in [0.2, 0.25) is 10.0 Å². The number of nitrogens with one attached hydrogen (secondary N) is 1. The third-order valence-electron chi connectivity index (χ3n) is 4.02. The minimum atomic E-state index is -0.618. The van der Waals surface area contributed by atoms with Crippen molar-refractivity contribution in [1.29, 1.82) is 0 Å². The van der Waals surface area contributed by atoms with Crippen molar-refractivity contribution in [3.8, 4) is 11.5 Å². The van der Waals surface area contributed by atoms with E-state index in [9.17, 15) is 9.59 Å². The molecule has 0 saturated carbocycles. The fourth-order valence-corrected chi connectivity index (χ4v) is 4.12. The molecule has 0 bridgehead atoms. The lowest BCUT2D eigenvalue weighted by atomic mass is 10.1. The molecule has 29 heavy (non-hydrogen) atoms. The van der Waals surface area contributed by atoms with Gasteiger partial charge < -0.3 is 9.47 Å². The van der Waals surface area contributed by atoms with E-state index in [1.54, 1.807) is 24.3 Å². The van der Waals surface area contributed by atoms with Gasteiger partial charge in [-0.1, -0.05) is 23.2 Å². The van der Waals surface area contributed by atoms with Crippen molar-refractivity contribution in [2.45, 2.75) is 0 Å². The van der Waals surface area contributed by atoms with Gasteiger partial charge in [0.2, 0.25) is 0 Å². The molecule has 1 aliphatic rings. The molecular weight excluding hydrogens is 503 g/mol. The summed E-state index contributed by atoms with van der Waals surface area (Å²) in [5.74, 6) is -0.309. The molecule has 10 heteroatoms. The van der Waals surface area contributed by atoms with Crippen LogP contribution in [-0.4, -0.2) is 31.1 Å². The molecule has 2 aromatic carbocycles. The molecule has 1 N–H and O–H groups in total. The number of methoxy groups -OCH3 is 2. The largest absolute Gasteiger partial charge is 0.493 e. The highest BCUT2D eigenvalue weighted by Gasteiger charge is 2.35. The van der Waals surface area contributed by atoms with E-state index in [2.05, 4.69) is 21.2 Å². The number of ether oxygens (including phenoxy) is 2. The number of halogens is 3. The first kappa shape index (κ1) is 21.6. The van der Waals surface area contributed by atoms with Gasteiger partial charge in [0.15, 0.2) is 16.6 Å². The molecule has 6 nitrogen and oxygen atoms in total. The maximum atomic E-state index is 13.1. The average Bonchev–Trinajstić information content (AvgIpc) is 2.66. The molecule has 1 fully saturated rings. The van der Waals surface area contributed by atoms with Crippen LogP contribution in [-0.2, 0) is 9.59 Å². The van der Waals surface area contributed by atoms with Crippen molar-refractivity contribution in [2.75, 3.05) is 19.1 Å². The Hall–Kier alpha value is -2.13. The number of hydrogen-bond acceptors (Lipinski definition) is 5. The average molecular weight is 516 g/mol. The molecular formula is C19H13BrCl2N2O4S. The molecule has 0 unspecified atom stereocenters. The zero-order chi connectivity index (χ0) is 21.3. The van der Waals surface area contributed by atoms with Crippen molar-refractivity contribution in [2.24, 2.45) is 0 Å². The molecule has 150 valence electrons. The van der Waals surface area contributed by atoms with Gasteiger partial charge >= 0.3 is 0 Å². The Labute approximate surface area is 190 Å². The van der Waals surface area contributed by atoms with Crippen LogP contribution in [0, 0.1) is 0 Å². The number of thiocarbonyl (C=S) groups is 1. The normalized spacial score (nSPS) is 15.6. The maximum Gasteiger partial charge on any atom is 0.270 e. The Bertz CT molecular complexity index is 1070. The fraction of sp³-hybridized carbons (Fsp3) is 0.105. The lowest BCUT2D eigenvalue weighted by molar-refractivity contribution is -0.122. The Morgan fingerprint density at radius 1 is 1.14 bits per heavy atom. The first-order valence-corrected chi connectivity index (χ1v) is 10.0. The Morgan fingerprint density at radius 3 is 2.48 bits per heavy atom. The van der Waals surface area contributed by atoms with Gasteiger partial charge in [0.05, 0.1) is 29.4 Å². The predicted octanol–water partition coefficient (Wildman–Crippen LogP) is 4.60. The van der Waals surface area contributed by atoms with E-state index in [0.717, 1.165) is 4.90 Å². The minimum Gasteiger partial charge on any atom is -0.493 e. The minimum absolute atomic E-state index is 0.0742. The van der Waals surface area contributed by atoms with E-state index in [-0.39, 0.29) is 15.7 Å². The smallest absolute Gasteiger partial charge is 0.270 e. The lowest BCUT2D eigenvalue weighted by Crippen LogP contribution is -2.54. The van der Waals surface area contributed by atoms with Crippen LogP contribution in [0.4, 0.5) is 5.69 Å². The number of nitrogens with zero attached hydrogens (tertiary/aromatic N) is 1. The van der Waals surface area contributed by atoms with Crippen molar-refractivity contribution >= 4 is 80.0 Å². The van der Waals surface area contributed by atoms with Crippen molar-refractivity contribution in [3.05, 3.63) is 56.0 Å². The van der Waals surface area contributed by atoms with Gasteiger partial charge in [0, 0.05) is 5.02 Å². The Kier molecular flexibility index (Phi) is 6.48. The predicted molar refractivity (Wildman–Crippen MR) is 120 cm³/mol. The lowest BCUT2D eigenvalue weighted by Gasteiger charge is -2.29. The second kappa shape index (κ2) is 8.71. The Morgan fingerprint density at radius 2 is 1.86 bits per heavy atom. The van der Waals surface area contributed by atoms with Crippen LogP contribution in [0.15, 0.2) is 40.4 Å². The molecule has 2 amide bonds.